The van der Waals surface area contributed by atoms with Crippen LogP contribution in [0, 0.1) is 0 Å². The molecule has 0 aliphatic carbocycles. The summed E-state index contributed by atoms with van der Waals surface area (Å²) >= 11 is 12.0. The Hall–Kier alpha value is -1.10. The normalized spacial score (nSPS) is 11.3. The van der Waals surface area contributed by atoms with Crippen molar-refractivity contribution in [3.05, 3.63) is 59.1 Å². The fourth-order valence-corrected chi connectivity index (χ4v) is 5.33. The summed E-state index contributed by atoms with van der Waals surface area (Å²) in [5.74, 6) is -0.0642. The number of rotatable bonds is 11. The molecule has 0 saturated carbocycles. The van der Waals surface area contributed by atoms with E-state index in [9.17, 15) is 31.2 Å². The van der Waals surface area contributed by atoms with Crippen LogP contribution in [0.5, 0.6) is 0 Å². The van der Waals surface area contributed by atoms with Gasteiger partial charge in [-0.05, 0) is 59.6 Å². The third-order valence-electron chi connectivity index (χ3n) is 5.19. The van der Waals surface area contributed by atoms with E-state index in [1.165, 1.54) is 30.3 Å². The number of aromatic nitrogens is 3. The van der Waals surface area contributed by atoms with E-state index in [1.54, 1.807) is 0 Å². The number of anilines is 4. The second-order valence-corrected chi connectivity index (χ2v) is 12.2. The summed E-state index contributed by atoms with van der Waals surface area (Å²) < 4.78 is 75.1. The Kier molecular flexibility index (Phi) is 20.3. The Morgan fingerprint density at radius 1 is 0.755 bits per heavy atom. The zero-order valence-corrected chi connectivity index (χ0v) is 34.5. The number of nitrogen functional groups attached to an aromatic ring is 2. The molecule has 0 spiro atoms. The van der Waals surface area contributed by atoms with Gasteiger partial charge in [-0.2, -0.15) is 19.3 Å². The van der Waals surface area contributed by atoms with Crippen molar-refractivity contribution in [3.63, 3.8) is 0 Å². The molecule has 0 atom stereocenters. The first-order valence-electron chi connectivity index (χ1n) is 11.3. The van der Waals surface area contributed by atoms with Gasteiger partial charge in [0.2, 0.25) is 16.5 Å². The minimum absolute atomic E-state index is 0. The standard InChI is InChI=1S/C21H16Cl2N10O9S3.CH4.3Na/c22-19-27-20(23)29-21(28-19)26-9-5-6-13(43-42-41-34)11(7-9)31-33-18-16(24)12(8-15(17(18)25)45(38,39)40)32-30-10-3-1-2-4-14(10)44(35,36)37;;;;/h1-8,34H,24-25H2,(H,35,36,37)(H,38,39,40)(H,26,27,28,29);1H4;;;/q;;3*+1/p-3. The molecule has 0 unspecified atom stereocenters. The van der Waals surface area contributed by atoms with Gasteiger partial charge in [0.1, 0.15) is 43.0 Å². The third kappa shape index (κ3) is 13.1. The van der Waals surface area contributed by atoms with Crippen LogP contribution in [-0.2, 0) is 29.6 Å². The van der Waals surface area contributed by atoms with E-state index in [-0.39, 0.29) is 129 Å². The first kappa shape index (κ1) is 47.9. The summed E-state index contributed by atoms with van der Waals surface area (Å²) in [5, 5.41) is 31.4. The minimum Gasteiger partial charge on any atom is -0.744 e. The van der Waals surface area contributed by atoms with Crippen LogP contribution in [0.15, 0.2) is 83.7 Å². The monoisotopic (exact) mass is 800 g/mol. The number of nitrogens with zero attached hydrogens (tertiary/aromatic N) is 7. The van der Waals surface area contributed by atoms with Crippen molar-refractivity contribution >= 4 is 101 Å². The maximum absolute atomic E-state index is 12.0. The molecule has 0 fully saturated rings. The van der Waals surface area contributed by atoms with Gasteiger partial charge in [0.25, 0.3) is 0 Å². The van der Waals surface area contributed by atoms with Crippen LogP contribution in [0.3, 0.4) is 0 Å². The number of halogens is 2. The van der Waals surface area contributed by atoms with Crippen LogP contribution in [0.4, 0.5) is 45.8 Å². The quantitative estimate of drug-likeness (QED) is 0.0245. The Bertz CT molecular complexity index is 2050. The molecule has 0 radical (unpaired) electrons. The zero-order chi connectivity index (χ0) is 32.9. The van der Waals surface area contributed by atoms with Gasteiger partial charge in [-0.3, -0.25) is 5.04 Å². The van der Waals surface area contributed by atoms with Gasteiger partial charge in [0.15, 0.2) is 0 Å². The fraction of sp³-hybridized carbons (Fsp3) is 0.0455. The van der Waals surface area contributed by atoms with E-state index in [0.29, 0.717) is 18.1 Å². The average Bonchev–Trinajstić information content (AvgIpc) is 2.94. The number of hydrogen-bond acceptors (Lipinski definition) is 20. The minimum atomic E-state index is -5.27. The van der Waals surface area contributed by atoms with E-state index in [2.05, 4.69) is 50.1 Å². The predicted molar refractivity (Wildman–Crippen MR) is 160 cm³/mol. The number of benzene rings is 3. The van der Waals surface area contributed by atoms with E-state index < -0.39 is 58.5 Å². The summed E-state index contributed by atoms with van der Waals surface area (Å²) in [4.78, 5) is 9.72. The molecule has 4 rings (SSSR count). The van der Waals surface area contributed by atoms with Crippen molar-refractivity contribution in [2.45, 2.75) is 22.1 Å². The van der Waals surface area contributed by atoms with Crippen molar-refractivity contribution in [2.75, 3.05) is 16.8 Å². The molecule has 3 aromatic carbocycles. The molecular formula is C22H17Cl2N10Na3O9S3. The molecule has 49 heavy (non-hydrogen) atoms. The predicted octanol–water partition coefficient (Wildman–Crippen LogP) is -4.40. The van der Waals surface area contributed by atoms with Crippen LogP contribution in [-0.4, -0.2) is 40.9 Å². The third-order valence-corrected chi connectivity index (χ3v) is 7.94. The van der Waals surface area contributed by atoms with Crippen molar-refractivity contribution in [1.82, 2.24) is 15.0 Å². The Morgan fingerprint density at radius 3 is 1.92 bits per heavy atom. The maximum atomic E-state index is 12.0. The van der Waals surface area contributed by atoms with E-state index in [0.717, 1.165) is 12.1 Å². The molecular weight excluding hydrogens is 784 g/mol. The van der Waals surface area contributed by atoms with E-state index in [4.69, 9.17) is 34.7 Å². The fourth-order valence-electron chi connectivity index (χ4n) is 3.33. The van der Waals surface area contributed by atoms with Crippen LogP contribution in [0.1, 0.15) is 7.43 Å². The van der Waals surface area contributed by atoms with Gasteiger partial charge < -0.3 is 31.1 Å². The molecule has 0 saturated heterocycles. The molecule has 27 heteroatoms. The molecule has 19 nitrogen and oxygen atoms in total. The summed E-state index contributed by atoms with van der Waals surface area (Å²) in [6, 6.07) is 9.59. The van der Waals surface area contributed by atoms with E-state index >= 15 is 0 Å². The van der Waals surface area contributed by atoms with Gasteiger partial charge >= 0.3 is 88.7 Å². The van der Waals surface area contributed by atoms with Crippen LogP contribution in [0.25, 0.3) is 0 Å². The van der Waals surface area contributed by atoms with E-state index in [1.807, 2.05) is 0 Å². The SMILES string of the molecule is C.Nc1c(N=Nc2ccccc2S(=O)(=O)[O-])cc(S(=O)(=O)[O-])c(N)c1N=Nc1cc(Nc2nc(Cl)nc(Cl)n2)ccc1SOO[O-].[Na+].[Na+].[Na+]. The topological polar surface area (TPSA) is 308 Å². The summed E-state index contributed by atoms with van der Waals surface area (Å²) in [6.45, 7) is 0. The molecule has 4 aromatic rings. The van der Waals surface area contributed by atoms with Crippen molar-refractivity contribution in [1.29, 1.82) is 0 Å². The molecule has 0 bridgehead atoms. The maximum Gasteiger partial charge on any atom is 1.00 e. The first-order valence-corrected chi connectivity index (χ1v) is 15.7. The Labute approximate surface area is 359 Å². The smallest absolute Gasteiger partial charge is 0.744 e. The zero-order valence-electron chi connectivity index (χ0n) is 24.6. The molecule has 5 N–H and O–H groups in total. The first-order chi connectivity index (χ1) is 21.2. The van der Waals surface area contributed by atoms with Crippen molar-refractivity contribution in [3.8, 4) is 0 Å². The summed E-state index contributed by atoms with van der Waals surface area (Å²) in [6.07, 6.45) is 0. The largest absolute Gasteiger partial charge is 1.00 e. The molecule has 0 aliphatic rings. The van der Waals surface area contributed by atoms with Gasteiger partial charge in [-0.25, -0.2) is 16.8 Å². The second-order valence-electron chi connectivity index (χ2n) is 8.07. The summed E-state index contributed by atoms with van der Waals surface area (Å²) in [5.41, 5.74) is 9.58. The number of nitrogens with two attached hydrogens (primary N) is 2. The molecule has 1 heterocycles. The molecule has 244 valence electrons. The average molecular weight is 802 g/mol. The Balaban J connectivity index is 0.00000576. The molecule has 0 aliphatic heterocycles. The van der Waals surface area contributed by atoms with Crippen molar-refractivity contribution in [2.24, 2.45) is 20.5 Å². The van der Waals surface area contributed by atoms with Crippen LogP contribution >= 0.6 is 35.2 Å². The summed E-state index contributed by atoms with van der Waals surface area (Å²) in [7, 11) is -10.2. The second kappa shape index (κ2) is 20.8. The van der Waals surface area contributed by atoms with Gasteiger partial charge in [0.05, 0.1) is 38.1 Å². The molecule has 0 amide bonds. The number of nitrogens with one attached hydrogen (secondary N) is 1. The van der Waals surface area contributed by atoms with Gasteiger partial charge in [-0.15, -0.1) is 20.5 Å². The number of hydrogen-bond donors (Lipinski definition) is 3. The van der Waals surface area contributed by atoms with Gasteiger partial charge in [-0.1, -0.05) is 19.6 Å². The molecule has 1 aromatic heterocycles. The van der Waals surface area contributed by atoms with Crippen molar-refractivity contribution < 1.29 is 129 Å². The van der Waals surface area contributed by atoms with Crippen LogP contribution < -0.4 is 111 Å². The Morgan fingerprint density at radius 2 is 1.33 bits per heavy atom. The van der Waals surface area contributed by atoms with Gasteiger partial charge in [0, 0.05) is 5.69 Å². The number of azo groups is 2. The van der Waals surface area contributed by atoms with Crippen LogP contribution in [0.2, 0.25) is 10.6 Å².